The maximum atomic E-state index is 2.51. The van der Waals surface area contributed by atoms with E-state index in [2.05, 4.69) is 130 Å². The van der Waals surface area contributed by atoms with Crippen LogP contribution < -0.4 is 0 Å². The molecule has 0 nitrogen and oxygen atoms in total. The summed E-state index contributed by atoms with van der Waals surface area (Å²) in [5.41, 5.74) is 12.3. The summed E-state index contributed by atoms with van der Waals surface area (Å²) >= 11 is 11.5. The van der Waals surface area contributed by atoms with Gasteiger partial charge in [0.25, 0.3) is 0 Å². The van der Waals surface area contributed by atoms with Crippen LogP contribution in [0, 0.1) is 41.5 Å². The summed E-state index contributed by atoms with van der Waals surface area (Å²) in [5.74, 6) is 0. The molecule has 6 heteroatoms. The van der Waals surface area contributed by atoms with Gasteiger partial charge in [-0.2, -0.15) is 0 Å². The van der Waals surface area contributed by atoms with Gasteiger partial charge in [0.1, 0.15) is 0 Å². The van der Waals surface area contributed by atoms with Crippen LogP contribution in [0.4, 0.5) is 0 Å². The van der Waals surface area contributed by atoms with Crippen LogP contribution in [-0.2, 0) is 10.8 Å². The molecule has 0 amide bonds. The second kappa shape index (κ2) is 11.5. The van der Waals surface area contributed by atoms with Gasteiger partial charge < -0.3 is 0 Å². The highest BCUT2D eigenvalue weighted by Gasteiger charge is 2.46. The maximum absolute atomic E-state index is 2.51. The van der Waals surface area contributed by atoms with Gasteiger partial charge in [-0.15, -0.1) is 68.0 Å². The first-order valence-electron chi connectivity index (χ1n) is 16.5. The van der Waals surface area contributed by atoms with Crippen molar-refractivity contribution in [3.05, 3.63) is 114 Å². The molecule has 2 aliphatic rings. The predicted octanol–water partition coefficient (Wildman–Crippen LogP) is 15.2. The van der Waals surface area contributed by atoms with Gasteiger partial charge in [-0.3, -0.25) is 0 Å². The number of benzene rings is 1. The molecule has 0 saturated heterocycles. The van der Waals surface area contributed by atoms with Crippen molar-refractivity contribution >= 4 is 68.0 Å². The third kappa shape index (κ3) is 4.97. The zero-order valence-corrected chi connectivity index (χ0v) is 34.1. The predicted molar refractivity (Wildman–Crippen MR) is 220 cm³/mol. The molecular weight excluding hydrogens is 697 g/mol. The molecule has 0 unspecified atom stereocenters. The highest BCUT2D eigenvalue weighted by Crippen LogP contribution is 2.63. The molecule has 2 aliphatic carbocycles. The Labute approximate surface area is 309 Å². The summed E-state index contributed by atoms with van der Waals surface area (Å²) in [4.78, 5) is 16.9. The van der Waals surface area contributed by atoms with Gasteiger partial charge >= 0.3 is 0 Å². The normalized spacial score (nSPS) is 14.8. The maximum Gasteiger partial charge on any atom is 0.0452 e. The molecule has 0 N–H and O–H groups in total. The Morgan fingerprint density at radius 2 is 0.750 bits per heavy atom. The van der Waals surface area contributed by atoms with Crippen LogP contribution in [0.5, 0.6) is 0 Å². The first kappa shape index (κ1) is 32.6. The molecule has 0 saturated carbocycles. The number of hydrogen-bond acceptors (Lipinski definition) is 6. The molecule has 0 bridgehead atoms. The first-order chi connectivity index (χ1) is 22.8. The minimum absolute atomic E-state index is 0.00738. The number of thiophene rings is 6. The van der Waals surface area contributed by atoms with E-state index in [1.54, 1.807) is 11.1 Å². The molecule has 6 aromatic heterocycles. The Morgan fingerprint density at radius 3 is 1.19 bits per heavy atom. The van der Waals surface area contributed by atoms with Crippen LogP contribution in [0.2, 0.25) is 0 Å². The molecule has 0 spiro atoms. The van der Waals surface area contributed by atoms with Gasteiger partial charge in [0.15, 0.2) is 0 Å². The van der Waals surface area contributed by atoms with E-state index in [0.717, 1.165) is 0 Å². The summed E-state index contributed by atoms with van der Waals surface area (Å²) in [7, 11) is 0. The van der Waals surface area contributed by atoms with Crippen LogP contribution >= 0.6 is 68.0 Å². The monoisotopic (exact) mass is 736 g/mol. The first-order valence-corrected chi connectivity index (χ1v) is 21.4. The van der Waals surface area contributed by atoms with Crippen LogP contribution in [0.15, 0.2) is 60.7 Å². The van der Waals surface area contributed by atoms with Crippen molar-refractivity contribution in [2.75, 3.05) is 0 Å². The number of rotatable bonds is 3. The van der Waals surface area contributed by atoms with E-state index in [0.29, 0.717) is 0 Å². The SMILES string of the molecule is Cc1ccc(-c2ccc(-c3cc4c(s3)-c3c(C)c5c(c(C)c3C4(C)C)-c3sc(C)cc3C5(C)C)s2)s1.Cc1ccc(-c2ccc(C)s2)s1. The van der Waals surface area contributed by atoms with E-state index in [9.17, 15) is 0 Å². The van der Waals surface area contributed by atoms with Gasteiger partial charge in [0.2, 0.25) is 0 Å². The van der Waals surface area contributed by atoms with E-state index in [1.165, 1.54) is 91.9 Å². The zero-order valence-electron chi connectivity index (χ0n) is 29.2. The Balaban J connectivity index is 0.000000236. The molecule has 1 aromatic carbocycles. The second-order valence-corrected chi connectivity index (χ2v) is 21.6. The zero-order chi connectivity index (χ0) is 33.9. The van der Waals surface area contributed by atoms with Crippen molar-refractivity contribution in [1.82, 2.24) is 0 Å². The average molecular weight is 737 g/mol. The molecule has 48 heavy (non-hydrogen) atoms. The van der Waals surface area contributed by atoms with E-state index in [-0.39, 0.29) is 10.8 Å². The van der Waals surface area contributed by atoms with Crippen LogP contribution in [0.3, 0.4) is 0 Å². The molecule has 0 radical (unpaired) electrons. The molecule has 244 valence electrons. The Morgan fingerprint density at radius 1 is 0.375 bits per heavy atom. The van der Waals surface area contributed by atoms with Gasteiger partial charge in [-0.1, -0.05) is 27.7 Å². The standard InChI is InChI=1S/C32H30S4.C10H10S2/c1-15-9-10-21(33-15)22-11-12-23(35-22)24-14-20-30(36-24)26-18(4)27-25(17(3)28(26)32(20,7)8)29-19(31(27,5)6)13-16(2)34-29;1-7-3-5-9(11-7)10-6-4-8(2)12-10/h9-14H,1-8H3;3-6H,1-2H3. The van der Waals surface area contributed by atoms with Gasteiger partial charge in [-0.25, -0.2) is 0 Å². The van der Waals surface area contributed by atoms with E-state index < -0.39 is 0 Å². The molecule has 0 atom stereocenters. The fraction of sp³-hybridized carbons (Fsp3) is 0.286. The molecule has 7 aromatic rings. The number of fused-ring (bicyclic) bond motifs is 6. The minimum Gasteiger partial charge on any atom is -0.140 e. The summed E-state index contributed by atoms with van der Waals surface area (Å²) in [5, 5.41) is 0. The lowest BCUT2D eigenvalue weighted by molar-refractivity contribution is 0.646. The summed E-state index contributed by atoms with van der Waals surface area (Å²) < 4.78 is 0. The lowest BCUT2D eigenvalue weighted by Crippen LogP contribution is -2.20. The van der Waals surface area contributed by atoms with E-state index >= 15 is 0 Å². The largest absolute Gasteiger partial charge is 0.140 e. The highest BCUT2D eigenvalue weighted by molar-refractivity contribution is 7.27. The van der Waals surface area contributed by atoms with Crippen LogP contribution in [-0.4, -0.2) is 0 Å². The Hall–Kier alpha value is -2.58. The third-order valence-corrected chi connectivity index (χ3v) is 17.1. The summed E-state index contributed by atoms with van der Waals surface area (Å²) in [6, 6.07) is 22.8. The minimum atomic E-state index is 0.00738. The molecule has 9 rings (SSSR count). The van der Waals surface area contributed by atoms with Crippen molar-refractivity contribution in [2.45, 2.75) is 80.1 Å². The fourth-order valence-electron chi connectivity index (χ4n) is 8.03. The topological polar surface area (TPSA) is 0 Å². The molecule has 6 heterocycles. The molecule has 0 aliphatic heterocycles. The smallest absolute Gasteiger partial charge is 0.0452 e. The quantitative estimate of drug-likeness (QED) is 0.169. The van der Waals surface area contributed by atoms with Gasteiger partial charge in [0, 0.05) is 69.4 Å². The second-order valence-electron chi connectivity index (χ2n) is 14.3. The van der Waals surface area contributed by atoms with Crippen LogP contribution in [0.1, 0.15) is 80.6 Å². The van der Waals surface area contributed by atoms with Crippen molar-refractivity contribution in [3.63, 3.8) is 0 Å². The number of aryl methyl sites for hydroxylation is 4. The van der Waals surface area contributed by atoms with E-state index in [1.807, 2.05) is 68.0 Å². The highest BCUT2D eigenvalue weighted by atomic mass is 32.1. The van der Waals surface area contributed by atoms with Crippen molar-refractivity contribution in [3.8, 4) is 50.1 Å². The van der Waals surface area contributed by atoms with Crippen molar-refractivity contribution in [2.24, 2.45) is 0 Å². The third-order valence-electron chi connectivity index (χ3n) is 10.2. The summed E-state index contributed by atoms with van der Waals surface area (Å²) in [6.45, 7) is 23.3. The van der Waals surface area contributed by atoms with Crippen molar-refractivity contribution < 1.29 is 0 Å². The van der Waals surface area contributed by atoms with Crippen molar-refractivity contribution in [1.29, 1.82) is 0 Å². The molecular formula is C42H40S6. The lowest BCUT2D eigenvalue weighted by Gasteiger charge is -2.29. The van der Waals surface area contributed by atoms with E-state index in [4.69, 9.17) is 0 Å². The Kier molecular flexibility index (Phi) is 7.80. The molecule has 0 fully saturated rings. The lowest BCUT2D eigenvalue weighted by atomic mass is 9.74. The Bertz CT molecular complexity index is 2330. The number of hydrogen-bond donors (Lipinski definition) is 0. The average Bonchev–Trinajstić information content (AvgIpc) is 3.85. The van der Waals surface area contributed by atoms with Gasteiger partial charge in [-0.05, 0) is 147 Å². The van der Waals surface area contributed by atoms with Crippen LogP contribution in [0.25, 0.3) is 50.1 Å². The van der Waals surface area contributed by atoms with Gasteiger partial charge in [0.05, 0.1) is 0 Å². The summed E-state index contributed by atoms with van der Waals surface area (Å²) in [6.07, 6.45) is 0. The fourth-order valence-corrected chi connectivity index (χ4v) is 14.6.